The highest BCUT2D eigenvalue weighted by Gasteiger charge is 2.19. The molecule has 0 aliphatic rings. The first-order valence-electron chi connectivity index (χ1n) is 24.2. The first kappa shape index (κ1) is 64.8. The third kappa shape index (κ3) is 24.0. The van der Waals surface area contributed by atoms with Gasteiger partial charge in [-0.25, -0.2) is 13.8 Å². The van der Waals surface area contributed by atoms with Crippen LogP contribution in [-0.2, 0) is 32.5 Å². The Labute approximate surface area is 444 Å². The molecular formula is C62H86Cl2F2N2O4. The molecule has 0 bridgehead atoms. The Hall–Kier alpha value is -5.18. The van der Waals surface area contributed by atoms with Gasteiger partial charge in [0.15, 0.2) is 11.6 Å². The minimum Gasteiger partial charge on any atom is -0.497 e. The van der Waals surface area contributed by atoms with Crippen LogP contribution < -0.4 is 18.9 Å². The highest BCUT2D eigenvalue weighted by molar-refractivity contribution is 6.31. The fourth-order valence-electron chi connectivity index (χ4n) is 6.02. The summed E-state index contributed by atoms with van der Waals surface area (Å²) in [5.74, 6) is 2.08. The zero-order valence-corrected chi connectivity index (χ0v) is 49.1. The van der Waals surface area contributed by atoms with Crippen LogP contribution in [-0.4, -0.2) is 38.4 Å². The Kier molecular flexibility index (Phi) is 25.5. The van der Waals surface area contributed by atoms with Gasteiger partial charge in [-0.2, -0.15) is 0 Å². The lowest BCUT2D eigenvalue weighted by Crippen LogP contribution is -2.13. The fourth-order valence-corrected chi connectivity index (χ4v) is 6.39. The highest BCUT2D eigenvalue weighted by Crippen LogP contribution is 2.30. The molecule has 72 heavy (non-hydrogen) atoms. The Bertz CT molecular complexity index is 2400. The molecule has 0 unspecified atom stereocenters. The standard InChI is InChI=1S/C11H15FO.C11H16O.C10H12ClF.C10H13Cl.2C10H15NO/c1-11(2,3)8-5-6-9(12)10(7-8)13-4;1-11(2,3)9-6-5-7-10(8-9)12-4;1-10(2,3)7-4-5-9(12)8(11)6-7;1-10(2,3)8-5-4-6-9(11)7-8;1-10(2,3)8-5-9(12-4)7-11-6-8;1-10(2,3)8-6-5-7-9(11-8)12-4/h5-7H,1-4H3;5-8H,1-4H3;4-6H,1-3H3;4-7H,1-3H3;2*5-7H,1-4H3. The summed E-state index contributed by atoms with van der Waals surface area (Å²) in [6.07, 6.45) is 3.60. The SMILES string of the molecule is CC(C)(C)c1ccc(F)c(Cl)c1.CC(C)(C)c1cccc(Cl)c1.COc1cc(C(C)(C)C)ccc1F.COc1cccc(C(C)(C)C)c1.COc1cccc(C(C)(C)C)n1.COc1cncc(C(C)(C)C)c1. The van der Waals surface area contributed by atoms with Crippen molar-refractivity contribution in [3.05, 3.63) is 177 Å². The summed E-state index contributed by atoms with van der Waals surface area (Å²) in [5, 5.41) is 1.01. The van der Waals surface area contributed by atoms with Gasteiger partial charge in [0.05, 0.1) is 39.7 Å². The fraction of sp³-hybridized carbons (Fsp3) is 0.452. The van der Waals surface area contributed by atoms with Gasteiger partial charge in [-0.3, -0.25) is 4.98 Å². The quantitative estimate of drug-likeness (QED) is 0.175. The second kappa shape index (κ2) is 28.3. The molecule has 6 nitrogen and oxygen atoms in total. The predicted molar refractivity (Wildman–Crippen MR) is 303 cm³/mol. The highest BCUT2D eigenvalue weighted by atomic mass is 35.5. The molecule has 2 heterocycles. The molecule has 0 amide bonds. The number of hydrogen-bond acceptors (Lipinski definition) is 6. The van der Waals surface area contributed by atoms with E-state index in [-0.39, 0.29) is 49.1 Å². The van der Waals surface area contributed by atoms with Crippen molar-refractivity contribution < 1.29 is 27.7 Å². The zero-order chi connectivity index (χ0) is 55.5. The van der Waals surface area contributed by atoms with Gasteiger partial charge in [-0.05, 0) is 116 Å². The number of methoxy groups -OCH3 is 4. The number of benzene rings is 4. The minimum atomic E-state index is -0.357. The van der Waals surface area contributed by atoms with E-state index in [2.05, 4.69) is 153 Å². The Morgan fingerprint density at radius 1 is 0.389 bits per heavy atom. The molecular weight excluding hydrogens is 946 g/mol. The Morgan fingerprint density at radius 3 is 1.26 bits per heavy atom. The lowest BCUT2D eigenvalue weighted by atomic mass is 9.87. The summed E-state index contributed by atoms with van der Waals surface area (Å²) in [6.45, 7) is 38.4. The van der Waals surface area contributed by atoms with Gasteiger partial charge >= 0.3 is 0 Å². The lowest BCUT2D eigenvalue weighted by Gasteiger charge is -2.19. The van der Waals surface area contributed by atoms with Gasteiger partial charge in [0.2, 0.25) is 5.88 Å². The van der Waals surface area contributed by atoms with Crippen molar-refractivity contribution in [1.29, 1.82) is 0 Å². The summed E-state index contributed by atoms with van der Waals surface area (Å²) < 4.78 is 46.0. The molecule has 0 fully saturated rings. The number of halogens is 4. The van der Waals surface area contributed by atoms with Gasteiger partial charge in [-0.15, -0.1) is 0 Å². The summed E-state index contributed by atoms with van der Waals surface area (Å²) in [5.41, 5.74) is 7.66. The molecule has 0 aliphatic carbocycles. The predicted octanol–water partition coefficient (Wildman–Crippen LogP) is 18.3. The van der Waals surface area contributed by atoms with Crippen LogP contribution >= 0.6 is 23.2 Å². The maximum absolute atomic E-state index is 13.0. The molecule has 0 radical (unpaired) electrons. The van der Waals surface area contributed by atoms with Crippen LogP contribution in [0.25, 0.3) is 0 Å². The van der Waals surface area contributed by atoms with Crippen molar-refractivity contribution in [3.8, 4) is 23.1 Å². The molecule has 0 aliphatic heterocycles. The molecule has 4 aromatic carbocycles. The molecule has 396 valence electrons. The van der Waals surface area contributed by atoms with E-state index < -0.39 is 0 Å². The first-order valence-corrected chi connectivity index (χ1v) is 24.9. The van der Waals surface area contributed by atoms with Gasteiger partial charge in [0.1, 0.15) is 17.3 Å². The van der Waals surface area contributed by atoms with Gasteiger partial charge in [0, 0.05) is 28.4 Å². The van der Waals surface area contributed by atoms with Crippen molar-refractivity contribution in [2.75, 3.05) is 28.4 Å². The topological polar surface area (TPSA) is 62.7 Å². The van der Waals surface area contributed by atoms with E-state index in [0.717, 1.165) is 33.3 Å². The normalized spacial score (nSPS) is 11.5. The second-order valence-corrected chi connectivity index (χ2v) is 24.2. The number of pyridine rings is 2. The van der Waals surface area contributed by atoms with Gasteiger partial charge < -0.3 is 18.9 Å². The summed E-state index contributed by atoms with van der Waals surface area (Å²) in [7, 11) is 6.46. The van der Waals surface area contributed by atoms with Crippen LogP contribution in [0, 0.1) is 11.6 Å². The van der Waals surface area contributed by atoms with Crippen LogP contribution in [0.5, 0.6) is 23.1 Å². The van der Waals surface area contributed by atoms with Gasteiger partial charge in [0.25, 0.3) is 0 Å². The number of rotatable bonds is 4. The van der Waals surface area contributed by atoms with Crippen LogP contribution in [0.2, 0.25) is 10.0 Å². The Balaban J connectivity index is 0.000000432. The van der Waals surface area contributed by atoms with Gasteiger partial charge in [-0.1, -0.05) is 190 Å². The molecule has 0 atom stereocenters. The van der Waals surface area contributed by atoms with Crippen LogP contribution in [0.4, 0.5) is 8.78 Å². The van der Waals surface area contributed by atoms with Crippen LogP contribution in [0.15, 0.2) is 122 Å². The molecule has 0 N–H and O–H groups in total. The molecule has 0 saturated heterocycles. The number of aromatic nitrogens is 2. The minimum absolute atomic E-state index is 0.0251. The average Bonchev–Trinajstić information content (AvgIpc) is 3.29. The van der Waals surface area contributed by atoms with Crippen molar-refractivity contribution in [1.82, 2.24) is 9.97 Å². The van der Waals surface area contributed by atoms with E-state index in [4.69, 9.17) is 42.1 Å². The maximum atomic E-state index is 13.0. The van der Waals surface area contributed by atoms with Crippen molar-refractivity contribution >= 4 is 23.2 Å². The second-order valence-electron chi connectivity index (χ2n) is 23.4. The monoisotopic (exact) mass is 1030 g/mol. The van der Waals surface area contributed by atoms with E-state index in [0.29, 0.717) is 11.6 Å². The number of ether oxygens (including phenoxy) is 4. The van der Waals surface area contributed by atoms with Crippen LogP contribution in [0.1, 0.15) is 158 Å². The first-order chi connectivity index (χ1) is 33.0. The molecule has 0 spiro atoms. The Morgan fingerprint density at radius 2 is 0.833 bits per heavy atom. The molecule has 10 heteroatoms. The molecule has 2 aromatic heterocycles. The summed E-state index contributed by atoms with van der Waals surface area (Å²) >= 11 is 11.5. The molecule has 6 aromatic rings. The lowest BCUT2D eigenvalue weighted by molar-refractivity contribution is 0.384. The number of nitrogens with zero attached hydrogens (tertiary/aromatic N) is 2. The van der Waals surface area contributed by atoms with Crippen molar-refractivity contribution in [3.63, 3.8) is 0 Å². The molecule has 0 saturated carbocycles. The third-order valence-electron chi connectivity index (χ3n) is 10.9. The summed E-state index contributed by atoms with van der Waals surface area (Å²) in [4.78, 5) is 8.44. The van der Waals surface area contributed by atoms with E-state index in [1.165, 1.54) is 35.9 Å². The largest absolute Gasteiger partial charge is 0.497 e. The van der Waals surface area contributed by atoms with E-state index in [1.807, 2.05) is 60.8 Å². The van der Waals surface area contributed by atoms with Crippen molar-refractivity contribution in [2.45, 2.75) is 157 Å². The van der Waals surface area contributed by atoms with Crippen molar-refractivity contribution in [2.24, 2.45) is 0 Å². The number of hydrogen-bond donors (Lipinski definition) is 0. The van der Waals surface area contributed by atoms with E-state index in [9.17, 15) is 8.78 Å². The zero-order valence-electron chi connectivity index (χ0n) is 47.6. The smallest absolute Gasteiger partial charge is 0.213 e. The van der Waals surface area contributed by atoms with Crippen LogP contribution in [0.3, 0.4) is 0 Å². The van der Waals surface area contributed by atoms with E-state index in [1.54, 1.807) is 51.8 Å². The molecule has 6 rings (SSSR count). The summed E-state index contributed by atoms with van der Waals surface area (Å²) in [6, 6.07) is 33.9. The average molecular weight is 1030 g/mol. The third-order valence-corrected chi connectivity index (χ3v) is 11.5. The maximum Gasteiger partial charge on any atom is 0.213 e. The van der Waals surface area contributed by atoms with E-state index >= 15 is 0 Å².